The van der Waals surface area contributed by atoms with Crippen LogP contribution in [0.4, 0.5) is 5.69 Å². The van der Waals surface area contributed by atoms with Crippen molar-refractivity contribution in [3.63, 3.8) is 0 Å². The average molecular weight is 418 g/mol. The van der Waals surface area contributed by atoms with Crippen molar-refractivity contribution in [2.24, 2.45) is 0 Å². The highest BCUT2D eigenvalue weighted by atomic mass is 16.6. The van der Waals surface area contributed by atoms with Crippen LogP contribution in [0.3, 0.4) is 0 Å². The number of methoxy groups -OCH3 is 1. The summed E-state index contributed by atoms with van der Waals surface area (Å²) in [5, 5.41) is 3.02. The third-order valence-corrected chi connectivity index (χ3v) is 5.20. The Morgan fingerprint density at radius 1 is 1.06 bits per heavy atom. The van der Waals surface area contributed by atoms with Gasteiger partial charge in [0.25, 0.3) is 0 Å². The van der Waals surface area contributed by atoms with Crippen molar-refractivity contribution in [1.29, 1.82) is 0 Å². The lowest BCUT2D eigenvalue weighted by molar-refractivity contribution is -0.121. The number of amides is 1. The molecule has 0 unspecified atom stereocenters. The molecule has 1 heterocycles. The number of carbonyl (C=O) groups excluding carboxylic acids is 1. The second kappa shape index (κ2) is 9.53. The first-order valence-corrected chi connectivity index (χ1v) is 10.2. The Bertz CT molecular complexity index is 1020. The fraction of sp³-hybridized carbons (Fsp3) is 0.240. The van der Waals surface area contributed by atoms with E-state index in [2.05, 4.69) is 5.32 Å². The molecule has 0 bridgehead atoms. The maximum Gasteiger partial charge on any atom is 0.246 e. The van der Waals surface area contributed by atoms with Crippen LogP contribution in [0.15, 0.2) is 78.9 Å². The first kappa shape index (κ1) is 20.8. The summed E-state index contributed by atoms with van der Waals surface area (Å²) in [5.74, 6) is 2.04. The fourth-order valence-electron chi connectivity index (χ4n) is 3.73. The molecule has 6 heteroatoms. The van der Waals surface area contributed by atoms with Crippen LogP contribution in [0.25, 0.3) is 0 Å². The zero-order valence-electron chi connectivity index (χ0n) is 17.7. The van der Waals surface area contributed by atoms with Crippen LogP contribution in [0.5, 0.6) is 17.2 Å². The van der Waals surface area contributed by atoms with Gasteiger partial charge < -0.3 is 19.5 Å². The number of nitrogens with one attached hydrogen (secondary N) is 1. The third-order valence-electron chi connectivity index (χ3n) is 5.20. The topological polar surface area (TPSA) is 60.0 Å². The summed E-state index contributed by atoms with van der Waals surface area (Å²) in [7, 11) is 3.53. The van der Waals surface area contributed by atoms with Crippen molar-refractivity contribution in [1.82, 2.24) is 4.90 Å². The van der Waals surface area contributed by atoms with Gasteiger partial charge in [0.15, 0.2) is 11.5 Å². The van der Waals surface area contributed by atoms with Crippen LogP contribution >= 0.6 is 0 Å². The molecule has 0 saturated carbocycles. The molecule has 1 amide bonds. The van der Waals surface area contributed by atoms with Crippen LogP contribution in [0, 0.1) is 0 Å². The Hall–Kier alpha value is -3.51. The smallest absolute Gasteiger partial charge is 0.246 e. The van der Waals surface area contributed by atoms with E-state index in [0.717, 1.165) is 17.1 Å². The monoisotopic (exact) mass is 418 g/mol. The van der Waals surface area contributed by atoms with Gasteiger partial charge in [-0.15, -0.1) is 0 Å². The summed E-state index contributed by atoms with van der Waals surface area (Å²) in [6.07, 6.45) is -0.185. The van der Waals surface area contributed by atoms with Crippen molar-refractivity contribution in [3.8, 4) is 17.2 Å². The number of carbonyl (C=O) groups is 1. The van der Waals surface area contributed by atoms with E-state index in [1.165, 1.54) is 0 Å². The molecule has 3 aromatic carbocycles. The summed E-state index contributed by atoms with van der Waals surface area (Å²) in [5.41, 5.74) is 1.59. The number of ether oxygens (including phenoxy) is 3. The molecule has 0 aromatic heterocycles. The molecule has 1 aliphatic rings. The SMILES string of the molecule is COc1cccc(NC(=O)[C@H](c2ccccc2)N(C)C[C@H]2COc3ccccc3O2)c1. The number of nitrogens with zero attached hydrogens (tertiary/aromatic N) is 1. The molecule has 0 spiro atoms. The highest BCUT2D eigenvalue weighted by Crippen LogP contribution is 2.32. The molecule has 0 radical (unpaired) electrons. The van der Waals surface area contributed by atoms with E-state index in [-0.39, 0.29) is 12.0 Å². The van der Waals surface area contributed by atoms with Gasteiger partial charge in [-0.1, -0.05) is 48.5 Å². The first-order chi connectivity index (χ1) is 15.1. The standard InChI is InChI=1S/C25H26N2O4/c1-27(16-21-17-30-22-13-6-7-14-23(22)31-21)24(18-9-4-3-5-10-18)25(28)26-19-11-8-12-20(15-19)29-2/h3-15,21,24H,16-17H2,1-2H3,(H,26,28)/t21-,24-/m0/s1. The second-order valence-electron chi connectivity index (χ2n) is 7.47. The van der Waals surface area contributed by atoms with Crippen LogP contribution in [0.1, 0.15) is 11.6 Å². The number of fused-ring (bicyclic) bond motifs is 1. The lowest BCUT2D eigenvalue weighted by Crippen LogP contribution is -2.43. The van der Waals surface area contributed by atoms with Crippen molar-refractivity contribution in [2.45, 2.75) is 12.1 Å². The number of likely N-dealkylation sites (N-methyl/N-ethyl adjacent to an activating group) is 1. The van der Waals surface area contributed by atoms with Gasteiger partial charge in [-0.2, -0.15) is 0 Å². The zero-order valence-corrected chi connectivity index (χ0v) is 17.7. The third kappa shape index (κ3) is 4.98. The summed E-state index contributed by atoms with van der Waals surface area (Å²) in [6, 6.07) is 24.2. The first-order valence-electron chi connectivity index (χ1n) is 10.2. The van der Waals surface area contributed by atoms with Crippen LogP contribution in [-0.2, 0) is 4.79 Å². The molecular weight excluding hydrogens is 392 g/mol. The van der Waals surface area contributed by atoms with E-state index in [9.17, 15) is 4.79 Å². The maximum absolute atomic E-state index is 13.3. The molecule has 6 nitrogen and oxygen atoms in total. The predicted molar refractivity (Wildman–Crippen MR) is 120 cm³/mol. The quantitative estimate of drug-likeness (QED) is 0.625. The van der Waals surface area contributed by atoms with Crippen LogP contribution < -0.4 is 19.5 Å². The molecule has 3 aromatic rings. The lowest BCUT2D eigenvalue weighted by Gasteiger charge is -2.33. The normalized spacial score (nSPS) is 15.9. The number of hydrogen-bond acceptors (Lipinski definition) is 5. The minimum Gasteiger partial charge on any atom is -0.497 e. The molecule has 160 valence electrons. The average Bonchev–Trinajstić information content (AvgIpc) is 2.80. The van der Waals surface area contributed by atoms with Gasteiger partial charge in [0.05, 0.1) is 7.11 Å². The van der Waals surface area contributed by atoms with Crippen molar-refractivity contribution in [2.75, 3.05) is 32.6 Å². The van der Waals surface area contributed by atoms with Crippen molar-refractivity contribution >= 4 is 11.6 Å². The highest BCUT2D eigenvalue weighted by Gasteiger charge is 2.30. The minimum absolute atomic E-state index is 0.126. The summed E-state index contributed by atoms with van der Waals surface area (Å²) >= 11 is 0. The molecule has 0 fully saturated rings. The number of benzene rings is 3. The van der Waals surface area contributed by atoms with Crippen molar-refractivity contribution in [3.05, 3.63) is 84.4 Å². The largest absolute Gasteiger partial charge is 0.497 e. The molecule has 31 heavy (non-hydrogen) atoms. The Labute approximate surface area is 182 Å². The van der Waals surface area contributed by atoms with E-state index in [1.807, 2.05) is 84.7 Å². The summed E-state index contributed by atoms with van der Waals surface area (Å²) in [6.45, 7) is 0.958. The fourth-order valence-corrected chi connectivity index (χ4v) is 3.73. The summed E-state index contributed by atoms with van der Waals surface area (Å²) < 4.78 is 17.2. The van der Waals surface area contributed by atoms with Gasteiger partial charge in [-0.05, 0) is 36.9 Å². The number of anilines is 1. The van der Waals surface area contributed by atoms with Gasteiger partial charge in [-0.3, -0.25) is 9.69 Å². The van der Waals surface area contributed by atoms with Gasteiger partial charge in [0.1, 0.15) is 24.5 Å². The molecule has 0 saturated heterocycles. The number of para-hydroxylation sites is 2. The van der Waals surface area contributed by atoms with Gasteiger partial charge in [0.2, 0.25) is 5.91 Å². The molecule has 4 rings (SSSR count). The Balaban J connectivity index is 1.51. The van der Waals surface area contributed by atoms with E-state index in [1.54, 1.807) is 13.2 Å². The number of hydrogen-bond donors (Lipinski definition) is 1. The van der Waals surface area contributed by atoms with Crippen LogP contribution in [0.2, 0.25) is 0 Å². The lowest BCUT2D eigenvalue weighted by atomic mass is 10.0. The van der Waals surface area contributed by atoms with Crippen molar-refractivity contribution < 1.29 is 19.0 Å². The molecular formula is C25H26N2O4. The second-order valence-corrected chi connectivity index (χ2v) is 7.47. The Morgan fingerprint density at radius 2 is 1.81 bits per heavy atom. The molecule has 1 N–H and O–H groups in total. The molecule has 1 aliphatic heterocycles. The molecule has 0 aliphatic carbocycles. The zero-order chi connectivity index (χ0) is 21.6. The van der Waals surface area contributed by atoms with E-state index >= 15 is 0 Å². The minimum atomic E-state index is -0.492. The molecule has 2 atom stereocenters. The van der Waals surface area contributed by atoms with Gasteiger partial charge in [0, 0.05) is 18.3 Å². The summed E-state index contributed by atoms with van der Waals surface area (Å²) in [4.78, 5) is 15.3. The number of rotatable bonds is 7. The van der Waals surface area contributed by atoms with E-state index in [0.29, 0.717) is 24.6 Å². The Morgan fingerprint density at radius 3 is 2.58 bits per heavy atom. The Kier molecular flexibility index (Phi) is 6.38. The van der Waals surface area contributed by atoms with Crippen LogP contribution in [-0.4, -0.2) is 44.2 Å². The van der Waals surface area contributed by atoms with Gasteiger partial charge in [-0.25, -0.2) is 0 Å². The highest BCUT2D eigenvalue weighted by molar-refractivity contribution is 5.95. The van der Waals surface area contributed by atoms with Gasteiger partial charge >= 0.3 is 0 Å². The van der Waals surface area contributed by atoms with E-state index in [4.69, 9.17) is 14.2 Å². The maximum atomic E-state index is 13.3. The van der Waals surface area contributed by atoms with E-state index < -0.39 is 6.04 Å². The predicted octanol–water partition coefficient (Wildman–Crippen LogP) is 4.15.